The molecule has 3 heterocycles. The Morgan fingerprint density at radius 1 is 0.547 bits per heavy atom. The van der Waals surface area contributed by atoms with E-state index in [1.165, 1.54) is 43.7 Å². The Kier molecular flexibility index (Phi) is 6.89. The molecule has 0 saturated carbocycles. The SMILES string of the molecule is C=C(/C(C)=C(\N=C(N)n1c2ccccc2c2cc(-c3ccc4c(c3)c3cccc5c6ccccc6n4c53)ccc21)c1ccccc1C)c1ccccc1. The van der Waals surface area contributed by atoms with Gasteiger partial charge in [-0.25, -0.2) is 4.99 Å². The van der Waals surface area contributed by atoms with Gasteiger partial charge in [0, 0.05) is 37.9 Å². The lowest BCUT2D eigenvalue weighted by molar-refractivity contribution is 1.21. The molecule has 4 nitrogen and oxygen atoms in total. The summed E-state index contributed by atoms with van der Waals surface area (Å²) in [6.07, 6.45) is 0. The number of aryl methyl sites for hydroxylation is 1. The van der Waals surface area contributed by atoms with Gasteiger partial charge in [0.1, 0.15) is 0 Å². The molecule has 0 aliphatic rings. The van der Waals surface area contributed by atoms with E-state index in [1.807, 2.05) is 24.3 Å². The molecule has 0 unspecified atom stereocenters. The molecule has 0 atom stereocenters. The average Bonchev–Trinajstić information content (AvgIpc) is 3.85. The fourth-order valence-corrected chi connectivity index (χ4v) is 8.36. The van der Waals surface area contributed by atoms with Gasteiger partial charge in [0.05, 0.1) is 33.3 Å². The van der Waals surface area contributed by atoms with Crippen LogP contribution in [0.1, 0.15) is 23.6 Å². The number of para-hydroxylation sites is 3. The molecular formula is C49H36N4. The van der Waals surface area contributed by atoms with Gasteiger partial charge in [0.25, 0.3) is 0 Å². The topological polar surface area (TPSA) is 47.7 Å². The Morgan fingerprint density at radius 3 is 1.81 bits per heavy atom. The number of fused-ring (bicyclic) bond motifs is 9. The van der Waals surface area contributed by atoms with Gasteiger partial charge >= 0.3 is 0 Å². The molecule has 0 fully saturated rings. The first-order valence-electron chi connectivity index (χ1n) is 18.0. The number of benzene rings is 7. The van der Waals surface area contributed by atoms with Crippen LogP contribution in [-0.2, 0) is 0 Å². The van der Waals surface area contributed by atoms with Crippen molar-refractivity contribution in [1.82, 2.24) is 8.97 Å². The molecule has 10 rings (SSSR count). The van der Waals surface area contributed by atoms with Crippen LogP contribution < -0.4 is 5.73 Å². The molecule has 4 heteroatoms. The van der Waals surface area contributed by atoms with E-state index in [-0.39, 0.29) is 0 Å². The Bertz CT molecular complexity index is 3150. The van der Waals surface area contributed by atoms with Gasteiger partial charge in [-0.3, -0.25) is 4.57 Å². The lowest BCUT2D eigenvalue weighted by Crippen LogP contribution is -2.22. The van der Waals surface area contributed by atoms with Crippen molar-refractivity contribution < 1.29 is 0 Å². The van der Waals surface area contributed by atoms with Crippen LogP contribution in [0.4, 0.5) is 0 Å². The first-order chi connectivity index (χ1) is 26.0. The van der Waals surface area contributed by atoms with Crippen molar-refractivity contribution in [3.63, 3.8) is 0 Å². The van der Waals surface area contributed by atoms with Crippen LogP contribution in [0, 0.1) is 6.92 Å². The second-order valence-electron chi connectivity index (χ2n) is 14.0. The summed E-state index contributed by atoms with van der Waals surface area (Å²) in [6.45, 7) is 8.69. The van der Waals surface area contributed by atoms with E-state index in [0.29, 0.717) is 5.96 Å². The third-order valence-electron chi connectivity index (χ3n) is 11.0. The molecular weight excluding hydrogens is 645 g/mol. The maximum Gasteiger partial charge on any atom is 0.205 e. The second-order valence-corrected chi connectivity index (χ2v) is 14.0. The Balaban J connectivity index is 1.14. The second kappa shape index (κ2) is 11.8. The quantitative estimate of drug-likeness (QED) is 0.110. The standard InChI is InChI=1S/C49H36N4/c1-30-14-7-8-17-36(30)47(32(3)31(2)33-15-5-4-6-16-33)51-49(50)53-44-23-12-10-19-38(44)41-28-34(25-27-46(41)53)35-24-26-45-42(29-35)40-21-13-20-39-37-18-9-11-22-43(37)52(45)48(39)40/h4-29H,2H2,1,3H3,(H2,50,51)/b47-32-. The number of nitrogens with two attached hydrogens (primary N) is 1. The van der Waals surface area contributed by atoms with Crippen LogP contribution in [0.3, 0.4) is 0 Å². The maximum atomic E-state index is 7.10. The zero-order valence-corrected chi connectivity index (χ0v) is 29.6. The van der Waals surface area contributed by atoms with E-state index < -0.39 is 0 Å². The third-order valence-corrected chi connectivity index (χ3v) is 11.0. The van der Waals surface area contributed by atoms with Gasteiger partial charge in [-0.1, -0.05) is 128 Å². The Hall–Kier alpha value is -6.91. The number of rotatable bonds is 5. The molecule has 0 aliphatic carbocycles. The zero-order valence-electron chi connectivity index (χ0n) is 29.6. The van der Waals surface area contributed by atoms with Crippen LogP contribution >= 0.6 is 0 Å². The summed E-state index contributed by atoms with van der Waals surface area (Å²) in [5.74, 6) is 0.405. The van der Waals surface area contributed by atoms with Gasteiger partial charge in [0.2, 0.25) is 5.96 Å². The molecule has 0 radical (unpaired) electrons. The van der Waals surface area contributed by atoms with Crippen molar-refractivity contribution in [1.29, 1.82) is 0 Å². The van der Waals surface area contributed by atoms with Crippen LogP contribution in [0.25, 0.3) is 82.3 Å². The molecule has 10 aromatic rings. The lowest BCUT2D eigenvalue weighted by atomic mass is 9.95. The Labute approximate surface area is 307 Å². The smallest absolute Gasteiger partial charge is 0.205 e. The number of allylic oxidation sites excluding steroid dienone is 2. The fourth-order valence-electron chi connectivity index (χ4n) is 8.36. The summed E-state index contributed by atoms with van der Waals surface area (Å²) in [4.78, 5) is 5.25. The van der Waals surface area contributed by atoms with Crippen molar-refractivity contribution in [3.05, 3.63) is 187 Å². The lowest BCUT2D eigenvalue weighted by Gasteiger charge is -2.15. The number of hydrogen-bond acceptors (Lipinski definition) is 1. The highest BCUT2D eigenvalue weighted by Crippen LogP contribution is 2.41. The van der Waals surface area contributed by atoms with Crippen molar-refractivity contribution in [3.8, 4) is 11.1 Å². The molecule has 0 spiro atoms. The third kappa shape index (κ3) is 4.66. The summed E-state index contributed by atoms with van der Waals surface area (Å²) >= 11 is 0. The van der Waals surface area contributed by atoms with Crippen LogP contribution in [-0.4, -0.2) is 14.9 Å². The fraction of sp³-hybridized carbons (Fsp3) is 0.0408. The summed E-state index contributed by atoms with van der Waals surface area (Å²) in [7, 11) is 0. The zero-order chi connectivity index (χ0) is 35.8. The van der Waals surface area contributed by atoms with E-state index >= 15 is 0 Å². The molecule has 0 aliphatic heterocycles. The highest BCUT2D eigenvalue weighted by molar-refractivity contribution is 6.23. The van der Waals surface area contributed by atoms with E-state index in [4.69, 9.17) is 10.7 Å². The van der Waals surface area contributed by atoms with Gasteiger partial charge < -0.3 is 10.1 Å². The van der Waals surface area contributed by atoms with Crippen molar-refractivity contribution in [2.24, 2.45) is 10.7 Å². The van der Waals surface area contributed by atoms with E-state index in [9.17, 15) is 0 Å². The number of aromatic nitrogens is 2. The number of aliphatic imine (C=N–C) groups is 1. The first kappa shape index (κ1) is 30.9. The number of nitrogens with zero attached hydrogens (tertiary/aromatic N) is 3. The molecule has 53 heavy (non-hydrogen) atoms. The van der Waals surface area contributed by atoms with Gasteiger partial charge in [-0.05, 0) is 83.6 Å². The minimum atomic E-state index is 0.405. The normalized spacial score (nSPS) is 12.9. The highest BCUT2D eigenvalue weighted by atomic mass is 15.2. The van der Waals surface area contributed by atoms with Crippen molar-refractivity contribution in [2.45, 2.75) is 13.8 Å². The van der Waals surface area contributed by atoms with E-state index in [2.05, 4.69) is 163 Å². The molecule has 7 aromatic carbocycles. The molecule has 2 N–H and O–H groups in total. The Morgan fingerprint density at radius 2 is 1.08 bits per heavy atom. The molecule has 0 amide bonds. The van der Waals surface area contributed by atoms with Crippen LogP contribution in [0.5, 0.6) is 0 Å². The van der Waals surface area contributed by atoms with Gasteiger partial charge in [-0.2, -0.15) is 0 Å². The average molecular weight is 681 g/mol. The molecule has 252 valence electrons. The van der Waals surface area contributed by atoms with Crippen LogP contribution in [0.2, 0.25) is 0 Å². The number of hydrogen-bond donors (Lipinski definition) is 1. The maximum absolute atomic E-state index is 7.10. The van der Waals surface area contributed by atoms with Gasteiger partial charge in [-0.15, -0.1) is 0 Å². The monoisotopic (exact) mass is 680 g/mol. The highest BCUT2D eigenvalue weighted by Gasteiger charge is 2.20. The van der Waals surface area contributed by atoms with Crippen molar-refractivity contribution >= 4 is 77.1 Å². The van der Waals surface area contributed by atoms with Crippen LogP contribution in [0.15, 0.2) is 175 Å². The summed E-state index contributed by atoms with van der Waals surface area (Å²) < 4.78 is 4.52. The summed E-state index contributed by atoms with van der Waals surface area (Å²) in [5, 5.41) is 7.38. The molecule has 0 bridgehead atoms. The molecule has 3 aromatic heterocycles. The van der Waals surface area contributed by atoms with E-state index in [1.54, 1.807) is 0 Å². The van der Waals surface area contributed by atoms with Crippen molar-refractivity contribution in [2.75, 3.05) is 0 Å². The predicted molar refractivity (Wildman–Crippen MR) is 226 cm³/mol. The summed E-state index contributed by atoms with van der Waals surface area (Å²) in [5.41, 5.74) is 21.1. The first-order valence-corrected chi connectivity index (χ1v) is 18.0. The minimum Gasteiger partial charge on any atom is -0.369 e. The molecule has 0 saturated heterocycles. The minimum absolute atomic E-state index is 0.405. The van der Waals surface area contributed by atoms with Gasteiger partial charge in [0.15, 0.2) is 0 Å². The predicted octanol–water partition coefficient (Wildman–Crippen LogP) is 12.2. The summed E-state index contributed by atoms with van der Waals surface area (Å²) in [6, 6.07) is 56.0. The van der Waals surface area contributed by atoms with E-state index in [0.717, 1.165) is 60.9 Å². The largest absolute Gasteiger partial charge is 0.369 e.